The van der Waals surface area contributed by atoms with Crippen molar-refractivity contribution in [3.8, 4) is 0 Å². The van der Waals surface area contributed by atoms with Crippen LogP contribution in [0, 0.1) is 23.7 Å². The molecule has 0 saturated heterocycles. The van der Waals surface area contributed by atoms with Crippen LogP contribution >= 0.6 is 0 Å². The van der Waals surface area contributed by atoms with Crippen molar-refractivity contribution in [3.63, 3.8) is 0 Å². The van der Waals surface area contributed by atoms with Crippen molar-refractivity contribution in [3.05, 3.63) is 0 Å². The second-order valence-electron chi connectivity index (χ2n) is 5.35. The van der Waals surface area contributed by atoms with Crippen LogP contribution in [0.15, 0.2) is 0 Å². The van der Waals surface area contributed by atoms with Gasteiger partial charge in [0.1, 0.15) is 0 Å². The van der Waals surface area contributed by atoms with Gasteiger partial charge in [0.15, 0.2) is 0 Å². The number of nitrogens with one attached hydrogen (secondary N) is 1. The lowest BCUT2D eigenvalue weighted by molar-refractivity contribution is 0.221. The van der Waals surface area contributed by atoms with Crippen LogP contribution in [0.5, 0.6) is 0 Å². The maximum Gasteiger partial charge on any atom is -0.00493 e. The van der Waals surface area contributed by atoms with Crippen molar-refractivity contribution < 1.29 is 0 Å². The van der Waals surface area contributed by atoms with Gasteiger partial charge in [-0.15, -0.1) is 0 Å². The first-order valence-corrected chi connectivity index (χ1v) is 6.89. The molecule has 0 radical (unpaired) electrons. The first-order valence-electron chi connectivity index (χ1n) is 6.89. The Hall–Kier alpha value is -0.0400. The van der Waals surface area contributed by atoms with Gasteiger partial charge in [0.05, 0.1) is 0 Å². The van der Waals surface area contributed by atoms with E-state index < -0.39 is 0 Å². The Labute approximate surface area is 96.0 Å². The van der Waals surface area contributed by atoms with E-state index in [1.165, 1.54) is 38.6 Å². The van der Waals surface area contributed by atoms with E-state index >= 15 is 0 Å². The van der Waals surface area contributed by atoms with E-state index in [-0.39, 0.29) is 0 Å². The van der Waals surface area contributed by atoms with E-state index in [0.29, 0.717) is 0 Å². The van der Waals surface area contributed by atoms with Gasteiger partial charge in [0.25, 0.3) is 0 Å². The van der Waals surface area contributed by atoms with Crippen molar-refractivity contribution in [1.82, 2.24) is 5.32 Å². The van der Waals surface area contributed by atoms with Crippen LogP contribution in [0.4, 0.5) is 0 Å². The van der Waals surface area contributed by atoms with Crippen molar-refractivity contribution >= 4 is 0 Å². The summed E-state index contributed by atoms with van der Waals surface area (Å²) in [7, 11) is 2.06. The van der Waals surface area contributed by atoms with Crippen LogP contribution in [0.1, 0.15) is 52.9 Å². The van der Waals surface area contributed by atoms with Gasteiger partial charge in [-0.1, -0.05) is 33.6 Å². The van der Waals surface area contributed by atoms with E-state index in [4.69, 9.17) is 0 Å². The van der Waals surface area contributed by atoms with Gasteiger partial charge in [0, 0.05) is 0 Å². The number of hydrogen-bond acceptors (Lipinski definition) is 1. The molecule has 0 heterocycles. The first kappa shape index (κ1) is 13.0. The minimum atomic E-state index is 0.916. The highest BCUT2D eigenvalue weighted by atomic mass is 14.8. The molecule has 1 rings (SSSR count). The summed E-state index contributed by atoms with van der Waals surface area (Å²) >= 11 is 0. The van der Waals surface area contributed by atoms with Crippen LogP contribution in [0.25, 0.3) is 0 Å². The molecule has 90 valence electrons. The molecular formula is C14H29N. The lowest BCUT2D eigenvalue weighted by Gasteiger charge is -2.28. The van der Waals surface area contributed by atoms with E-state index in [9.17, 15) is 0 Å². The van der Waals surface area contributed by atoms with Crippen LogP contribution in [-0.4, -0.2) is 13.6 Å². The molecule has 0 spiro atoms. The Morgan fingerprint density at radius 1 is 1.20 bits per heavy atom. The Balaban J connectivity index is 2.46. The van der Waals surface area contributed by atoms with Gasteiger partial charge in [-0.2, -0.15) is 0 Å². The highest BCUT2D eigenvalue weighted by Gasteiger charge is 2.36. The van der Waals surface area contributed by atoms with Crippen molar-refractivity contribution in [1.29, 1.82) is 0 Å². The molecule has 4 atom stereocenters. The standard InChI is InChI=1S/C14H29N/c1-5-12-7-8-14(13(12)6-2)11(3)9-10-15-4/h11-15H,5-10H2,1-4H3. The summed E-state index contributed by atoms with van der Waals surface area (Å²) in [6, 6.07) is 0. The fourth-order valence-corrected chi connectivity index (χ4v) is 3.62. The molecule has 4 unspecified atom stereocenters. The van der Waals surface area contributed by atoms with Crippen LogP contribution < -0.4 is 5.32 Å². The topological polar surface area (TPSA) is 12.0 Å². The number of rotatable bonds is 6. The van der Waals surface area contributed by atoms with E-state index in [2.05, 4.69) is 33.1 Å². The molecule has 1 aliphatic carbocycles. The molecule has 1 saturated carbocycles. The van der Waals surface area contributed by atoms with Crippen molar-refractivity contribution in [2.45, 2.75) is 52.9 Å². The zero-order chi connectivity index (χ0) is 11.3. The second-order valence-corrected chi connectivity index (χ2v) is 5.35. The SMILES string of the molecule is CCC1CCC(C(C)CCNC)C1CC. The van der Waals surface area contributed by atoms with Crippen LogP contribution in [0.2, 0.25) is 0 Å². The molecule has 0 bridgehead atoms. The quantitative estimate of drug-likeness (QED) is 0.706. The lowest BCUT2D eigenvalue weighted by atomic mass is 9.78. The van der Waals surface area contributed by atoms with Crippen LogP contribution in [0.3, 0.4) is 0 Å². The minimum Gasteiger partial charge on any atom is -0.320 e. The maximum absolute atomic E-state index is 3.28. The Morgan fingerprint density at radius 3 is 2.47 bits per heavy atom. The predicted octanol–water partition coefficient (Wildman–Crippen LogP) is 3.69. The Kier molecular flexibility index (Phi) is 5.66. The van der Waals surface area contributed by atoms with E-state index in [1.807, 2.05) is 0 Å². The Bertz CT molecular complexity index is 167. The molecular weight excluding hydrogens is 182 g/mol. The van der Waals surface area contributed by atoms with E-state index in [0.717, 1.165) is 23.7 Å². The molecule has 1 fully saturated rings. The smallest absolute Gasteiger partial charge is 0.00493 e. The Morgan fingerprint density at radius 2 is 1.93 bits per heavy atom. The normalized spacial score (nSPS) is 33.2. The second kappa shape index (κ2) is 6.52. The summed E-state index contributed by atoms with van der Waals surface area (Å²) in [6.45, 7) is 8.40. The van der Waals surface area contributed by atoms with Crippen molar-refractivity contribution in [2.75, 3.05) is 13.6 Å². The monoisotopic (exact) mass is 211 g/mol. The van der Waals surface area contributed by atoms with Crippen LogP contribution in [-0.2, 0) is 0 Å². The molecule has 0 aliphatic heterocycles. The summed E-state index contributed by atoms with van der Waals surface area (Å²) in [6.07, 6.45) is 7.13. The summed E-state index contributed by atoms with van der Waals surface area (Å²) in [4.78, 5) is 0. The predicted molar refractivity (Wildman–Crippen MR) is 68.0 cm³/mol. The summed E-state index contributed by atoms with van der Waals surface area (Å²) in [5, 5.41) is 3.28. The minimum absolute atomic E-state index is 0.916. The molecule has 1 aliphatic rings. The van der Waals surface area contributed by atoms with Gasteiger partial charge >= 0.3 is 0 Å². The largest absolute Gasteiger partial charge is 0.320 e. The summed E-state index contributed by atoms with van der Waals surface area (Å²) < 4.78 is 0. The molecule has 1 nitrogen and oxygen atoms in total. The molecule has 1 heteroatoms. The zero-order valence-corrected chi connectivity index (χ0v) is 11.1. The third-order valence-electron chi connectivity index (χ3n) is 4.60. The van der Waals surface area contributed by atoms with E-state index in [1.54, 1.807) is 0 Å². The summed E-state index contributed by atoms with van der Waals surface area (Å²) in [5.74, 6) is 3.96. The molecule has 0 amide bonds. The van der Waals surface area contributed by atoms with Gasteiger partial charge in [-0.3, -0.25) is 0 Å². The fraction of sp³-hybridized carbons (Fsp3) is 1.00. The van der Waals surface area contributed by atoms with Gasteiger partial charge in [-0.05, 0) is 56.5 Å². The average molecular weight is 211 g/mol. The maximum atomic E-state index is 3.28. The van der Waals surface area contributed by atoms with Gasteiger partial charge in [0.2, 0.25) is 0 Å². The highest BCUT2D eigenvalue weighted by Crippen LogP contribution is 2.45. The summed E-state index contributed by atoms with van der Waals surface area (Å²) in [5.41, 5.74) is 0. The molecule has 1 N–H and O–H groups in total. The average Bonchev–Trinajstić information content (AvgIpc) is 2.68. The zero-order valence-electron chi connectivity index (χ0n) is 11.1. The fourth-order valence-electron chi connectivity index (χ4n) is 3.62. The van der Waals surface area contributed by atoms with Gasteiger partial charge in [-0.25, -0.2) is 0 Å². The lowest BCUT2D eigenvalue weighted by Crippen LogP contribution is -2.23. The highest BCUT2D eigenvalue weighted by molar-refractivity contribution is 4.86. The molecule has 0 aromatic carbocycles. The van der Waals surface area contributed by atoms with Gasteiger partial charge < -0.3 is 5.32 Å². The third kappa shape index (κ3) is 3.21. The number of hydrogen-bond donors (Lipinski definition) is 1. The molecule has 0 aromatic rings. The molecule has 0 aromatic heterocycles. The first-order chi connectivity index (χ1) is 7.24. The third-order valence-corrected chi connectivity index (χ3v) is 4.60. The van der Waals surface area contributed by atoms with Crippen molar-refractivity contribution in [2.24, 2.45) is 23.7 Å². The molecule has 15 heavy (non-hydrogen) atoms.